The molecule has 0 saturated carbocycles. The Morgan fingerprint density at radius 3 is 2.35 bits per heavy atom. The van der Waals surface area contributed by atoms with Crippen molar-refractivity contribution in [2.24, 2.45) is 5.41 Å². The maximum atomic E-state index is 12.7. The second-order valence-electron chi connectivity index (χ2n) is 14.9. The summed E-state index contributed by atoms with van der Waals surface area (Å²) in [4.78, 5) is 102. The predicted octanol–water partition coefficient (Wildman–Crippen LogP) is 1.76. The lowest BCUT2D eigenvalue weighted by atomic mass is 9.87. The number of aliphatic hydroxyl groups excluding tert-OH is 2. The molecule has 5 rings (SSSR count). The Bertz CT molecular complexity index is 2470. The molecule has 1 aromatic carbocycles. The van der Waals surface area contributed by atoms with Crippen LogP contribution in [0.1, 0.15) is 60.1 Å². The molecular formula is C35H46N7O18P3S2. The monoisotopic (exact) mass is 1010 g/mol. The first-order chi connectivity index (χ1) is 30.4. The van der Waals surface area contributed by atoms with E-state index >= 15 is 0 Å². The molecule has 8 unspecified atom stereocenters. The van der Waals surface area contributed by atoms with Crippen molar-refractivity contribution in [3.05, 3.63) is 70.4 Å². The Hall–Kier alpha value is -3.85. The average molecular weight is 1010 g/mol. The first-order valence-electron chi connectivity index (χ1n) is 19.1. The smallest absolute Gasteiger partial charge is 0.386 e. The van der Waals surface area contributed by atoms with Crippen molar-refractivity contribution in [3.63, 3.8) is 0 Å². The number of nitrogen functional groups attached to an aromatic ring is 1. The van der Waals surface area contributed by atoms with Gasteiger partial charge in [0, 0.05) is 36.2 Å². The maximum Gasteiger partial charge on any atom is 0.481 e. The molecule has 4 heterocycles. The highest BCUT2D eigenvalue weighted by molar-refractivity contribution is 8.13. The fourth-order valence-electron chi connectivity index (χ4n) is 6.02. The number of carbonyl (C=O) groups is 4. The van der Waals surface area contributed by atoms with Crippen molar-refractivity contribution in [1.29, 1.82) is 0 Å². The van der Waals surface area contributed by atoms with E-state index in [9.17, 15) is 62.7 Å². The van der Waals surface area contributed by atoms with E-state index < -0.39 is 90.5 Å². The Kier molecular flexibility index (Phi) is 17.5. The third kappa shape index (κ3) is 14.3. The zero-order valence-corrected chi connectivity index (χ0v) is 38.8. The number of carbonyl (C=O) groups excluding carboxylic acids is 4. The molecule has 1 saturated heterocycles. The molecule has 25 nitrogen and oxygen atoms in total. The number of rotatable bonds is 23. The molecule has 30 heteroatoms. The molecule has 65 heavy (non-hydrogen) atoms. The van der Waals surface area contributed by atoms with Gasteiger partial charge < -0.3 is 50.9 Å². The molecule has 1 aliphatic heterocycles. The highest BCUT2D eigenvalue weighted by Gasteiger charge is 2.50. The summed E-state index contributed by atoms with van der Waals surface area (Å²) >= 11 is 2.36. The molecule has 1 aliphatic rings. The number of ether oxygens (including phenoxy) is 1. The van der Waals surface area contributed by atoms with Crippen molar-refractivity contribution >= 4 is 86.3 Å². The fraction of sp³-hybridized carbons (Fsp3) is 0.457. The van der Waals surface area contributed by atoms with Gasteiger partial charge in [-0.05, 0) is 17.0 Å². The lowest BCUT2D eigenvalue weighted by molar-refractivity contribution is -0.137. The van der Waals surface area contributed by atoms with Gasteiger partial charge in [-0.15, -0.1) is 11.3 Å². The highest BCUT2D eigenvalue weighted by Crippen LogP contribution is 2.61. The van der Waals surface area contributed by atoms with Gasteiger partial charge in [-0.25, -0.2) is 28.6 Å². The minimum atomic E-state index is -5.60. The summed E-state index contributed by atoms with van der Waals surface area (Å²) in [7, 11) is -16.5. The first-order valence-corrected chi connectivity index (χ1v) is 25.5. The summed E-state index contributed by atoms with van der Waals surface area (Å²) in [5.41, 5.74) is 5.47. The second kappa shape index (κ2) is 21.8. The number of phosphoric acid groups is 3. The highest BCUT2D eigenvalue weighted by atomic mass is 32.2. The van der Waals surface area contributed by atoms with Crippen LogP contribution in [0.25, 0.3) is 11.2 Å². The third-order valence-corrected chi connectivity index (χ3v) is 14.5. The van der Waals surface area contributed by atoms with Crippen LogP contribution in [-0.2, 0) is 50.7 Å². The summed E-state index contributed by atoms with van der Waals surface area (Å²) in [5.74, 6) is -1.85. The van der Waals surface area contributed by atoms with Crippen LogP contribution in [0, 0.1) is 5.41 Å². The van der Waals surface area contributed by atoms with Gasteiger partial charge >= 0.3 is 23.5 Å². The van der Waals surface area contributed by atoms with Gasteiger partial charge in [0.1, 0.15) is 36.3 Å². The van der Waals surface area contributed by atoms with Crippen LogP contribution in [0.2, 0.25) is 0 Å². The van der Waals surface area contributed by atoms with Gasteiger partial charge in [0.2, 0.25) is 17.6 Å². The topological polar surface area (TPSA) is 381 Å². The van der Waals surface area contributed by atoms with E-state index in [0.29, 0.717) is 10.4 Å². The van der Waals surface area contributed by atoms with Crippen LogP contribution in [-0.4, -0.2) is 128 Å². The minimum Gasteiger partial charge on any atom is -0.386 e. The molecule has 2 amide bonds. The summed E-state index contributed by atoms with van der Waals surface area (Å²) < 4.78 is 62.4. The van der Waals surface area contributed by atoms with Gasteiger partial charge in [0.15, 0.2) is 22.8 Å². The van der Waals surface area contributed by atoms with Crippen molar-refractivity contribution in [3.8, 4) is 0 Å². The Morgan fingerprint density at radius 1 is 1.00 bits per heavy atom. The number of thiophene rings is 1. The molecule has 0 radical (unpaired) electrons. The number of nitrogens with zero attached hydrogens (tertiary/aromatic N) is 4. The molecule has 3 aromatic heterocycles. The quantitative estimate of drug-likeness (QED) is 0.0290. The summed E-state index contributed by atoms with van der Waals surface area (Å²) in [6, 6.07) is 10.3. The van der Waals surface area contributed by atoms with Crippen LogP contribution in [0.3, 0.4) is 0 Å². The third-order valence-electron chi connectivity index (χ3n) is 9.52. The van der Waals surface area contributed by atoms with Crippen molar-refractivity contribution in [2.75, 3.05) is 37.8 Å². The predicted molar refractivity (Wildman–Crippen MR) is 230 cm³/mol. The van der Waals surface area contributed by atoms with Gasteiger partial charge in [0.25, 0.3) is 0 Å². The molecule has 10 N–H and O–H groups in total. The first kappa shape index (κ1) is 52.1. The molecule has 0 bridgehead atoms. The number of nitrogens with one attached hydrogen (secondary N) is 2. The Morgan fingerprint density at radius 2 is 1.69 bits per heavy atom. The van der Waals surface area contributed by atoms with E-state index in [1.54, 1.807) is 43.3 Å². The van der Waals surface area contributed by atoms with Crippen LogP contribution in [0.4, 0.5) is 5.82 Å². The van der Waals surface area contributed by atoms with E-state index in [0.717, 1.165) is 34.5 Å². The van der Waals surface area contributed by atoms with Crippen LogP contribution in [0.5, 0.6) is 0 Å². The van der Waals surface area contributed by atoms with E-state index in [1.165, 1.54) is 25.2 Å². The number of hydrogen-bond donors (Lipinski definition) is 9. The van der Waals surface area contributed by atoms with E-state index in [2.05, 4.69) is 34.4 Å². The number of thioether (sulfide) groups is 1. The number of ketones is 1. The zero-order chi connectivity index (χ0) is 47.9. The fourth-order valence-corrected chi connectivity index (χ4v) is 10.3. The lowest BCUT2D eigenvalue weighted by Crippen LogP contribution is -2.46. The van der Waals surface area contributed by atoms with Crippen LogP contribution < -0.4 is 16.4 Å². The number of nitrogens with two attached hydrogens (primary N) is 1. The Labute approximate surface area is 377 Å². The molecule has 8 atom stereocenters. The normalized spacial score (nSPS) is 20.7. The number of aromatic nitrogens is 4. The summed E-state index contributed by atoms with van der Waals surface area (Å²) in [6.45, 7) is 2.07. The van der Waals surface area contributed by atoms with Crippen molar-refractivity contribution in [1.82, 2.24) is 30.2 Å². The van der Waals surface area contributed by atoms with Gasteiger partial charge in [0.05, 0.1) is 30.3 Å². The SMILES string of the molecule is CC(C(=O)SCCNC(=O)CCNC(=O)C(O)C(C)(C)COP(=O)(O)OP(=O)(O)OCC1OC(n2cnc3c(N)ncnc32)C(O)C1OP(=O)(O)O)c1ccc(C(=O)c2cccs2)cc1. The Balaban J connectivity index is 1.02. The van der Waals surface area contributed by atoms with Gasteiger partial charge in [-0.3, -0.25) is 37.3 Å². The standard InChI is InChI=1S/C35H46N7O18P3S2/c1-19(20-6-8-21(9-7-20)26(44)23-5-4-13-64-23)34(48)65-14-12-37-24(43)10-11-38-32(47)29(46)35(2,3)16-57-63(54,55)60-62(52,53)56-15-22-28(59-61(49,50)51)27(45)33(58-22)42-18-41-25-30(36)39-17-40-31(25)42/h4-9,13,17-19,22,27-29,33,45-46H,10-12,14-16H2,1-3H3,(H,37,43)(H,38,47)(H,52,53)(H,54,55)(H2,36,39,40)(H2,49,50,51). The molecule has 4 aromatic rings. The summed E-state index contributed by atoms with van der Waals surface area (Å²) in [5, 5.41) is 28.2. The van der Waals surface area contributed by atoms with E-state index in [-0.39, 0.29) is 53.1 Å². The second-order valence-corrected chi connectivity index (χ2v) is 21.2. The number of benzene rings is 1. The molecular weight excluding hydrogens is 963 g/mol. The van der Waals surface area contributed by atoms with E-state index in [4.69, 9.17) is 19.5 Å². The number of phosphoric ester groups is 3. The lowest BCUT2D eigenvalue weighted by Gasteiger charge is -2.30. The van der Waals surface area contributed by atoms with Crippen LogP contribution >= 0.6 is 46.6 Å². The number of hydrogen-bond acceptors (Lipinski definition) is 20. The molecule has 356 valence electrons. The number of fused-ring (bicyclic) bond motifs is 1. The van der Waals surface area contributed by atoms with Gasteiger partial charge in [-0.2, -0.15) is 4.31 Å². The largest absolute Gasteiger partial charge is 0.481 e. The zero-order valence-electron chi connectivity index (χ0n) is 34.5. The van der Waals surface area contributed by atoms with Crippen molar-refractivity contribution < 1.29 is 85.3 Å². The maximum absolute atomic E-state index is 12.7. The number of amides is 2. The average Bonchev–Trinajstić information content (AvgIpc) is 4.00. The number of anilines is 1. The van der Waals surface area contributed by atoms with Gasteiger partial charge in [-0.1, -0.05) is 62.9 Å². The van der Waals surface area contributed by atoms with Crippen LogP contribution in [0.15, 0.2) is 54.4 Å². The minimum absolute atomic E-state index is 0.0231. The molecule has 1 fully saturated rings. The summed E-state index contributed by atoms with van der Waals surface area (Å²) in [6.07, 6.45) is -7.05. The number of imidazole rings is 1. The van der Waals surface area contributed by atoms with E-state index in [1.807, 2.05) is 5.38 Å². The number of aliphatic hydroxyl groups is 2. The van der Waals surface area contributed by atoms with Crippen molar-refractivity contribution in [2.45, 2.75) is 63.8 Å². The molecule has 0 aliphatic carbocycles. The molecule has 0 spiro atoms.